The molecular formula is C24H39NO6. The quantitative estimate of drug-likeness (QED) is 0.436. The molecule has 0 bridgehead atoms. The lowest BCUT2D eigenvalue weighted by atomic mass is 9.68. The molecule has 0 aromatic carbocycles. The van der Waals surface area contributed by atoms with E-state index in [1.54, 1.807) is 7.11 Å². The highest BCUT2D eigenvalue weighted by molar-refractivity contribution is 5.85. The van der Waals surface area contributed by atoms with Gasteiger partial charge in [-0.15, -0.1) is 0 Å². The minimum Gasteiger partial charge on any atom is -0.443 e. The molecule has 7 nitrogen and oxygen atoms in total. The van der Waals surface area contributed by atoms with Gasteiger partial charge in [-0.2, -0.15) is 0 Å². The molecule has 1 amide bonds. The number of ether oxygens (including phenoxy) is 4. The first-order valence-corrected chi connectivity index (χ1v) is 11.5. The van der Waals surface area contributed by atoms with E-state index in [2.05, 4.69) is 32.2 Å². The topological polar surface area (TPSA) is 89.7 Å². The van der Waals surface area contributed by atoms with Crippen LogP contribution < -0.4 is 5.32 Å². The Labute approximate surface area is 186 Å². The second kappa shape index (κ2) is 9.20. The average Bonchev–Trinajstić information content (AvgIpc) is 3.62. The number of epoxide rings is 2. The highest BCUT2D eigenvalue weighted by Gasteiger charge is 2.72. The molecule has 0 aromatic heterocycles. The molecule has 1 unspecified atom stereocenters. The van der Waals surface area contributed by atoms with E-state index in [1.807, 2.05) is 13.8 Å². The van der Waals surface area contributed by atoms with Crippen LogP contribution in [0.2, 0.25) is 0 Å². The van der Waals surface area contributed by atoms with Crippen molar-refractivity contribution in [3.63, 3.8) is 0 Å². The largest absolute Gasteiger partial charge is 0.443 e. The van der Waals surface area contributed by atoms with Gasteiger partial charge >= 0.3 is 6.09 Å². The van der Waals surface area contributed by atoms with Gasteiger partial charge in [0.15, 0.2) is 5.78 Å². The van der Waals surface area contributed by atoms with E-state index in [0.717, 1.165) is 19.3 Å². The molecule has 3 fully saturated rings. The molecule has 1 aliphatic carbocycles. The number of hydrogen-bond donors (Lipinski definition) is 1. The standard InChI is InChI=1S/C24H39NO6/c1-8-15(4)19(16(5)26)25-22(27)30-17-11-12-24(13-29-24)21(20(17)28-7)23(6)18(31-23)10-9-14(2)3/h9,15,17-21H,8,10-13H2,1-7H3,(H,25,27)/t15?,17-,18-,19+,20-,21-,23+,24+/m1/s1. The maximum atomic E-state index is 12.7. The molecule has 176 valence electrons. The molecule has 1 N–H and O–H groups in total. The van der Waals surface area contributed by atoms with Crippen LogP contribution in [0.4, 0.5) is 4.79 Å². The Morgan fingerprint density at radius 3 is 2.48 bits per heavy atom. The van der Waals surface area contributed by atoms with Gasteiger partial charge < -0.3 is 24.3 Å². The molecule has 0 radical (unpaired) electrons. The van der Waals surface area contributed by atoms with Crippen LogP contribution in [0.15, 0.2) is 11.6 Å². The Morgan fingerprint density at radius 2 is 1.97 bits per heavy atom. The van der Waals surface area contributed by atoms with Crippen LogP contribution in [0.5, 0.6) is 0 Å². The molecular weight excluding hydrogens is 398 g/mol. The lowest BCUT2D eigenvalue weighted by molar-refractivity contribution is -0.122. The summed E-state index contributed by atoms with van der Waals surface area (Å²) in [4.78, 5) is 24.7. The number of alkyl carbamates (subject to hydrolysis) is 1. The number of ketones is 1. The van der Waals surface area contributed by atoms with Crippen LogP contribution in [-0.2, 0) is 23.7 Å². The number of carbonyl (C=O) groups is 2. The zero-order valence-corrected chi connectivity index (χ0v) is 20.0. The highest BCUT2D eigenvalue weighted by Crippen LogP contribution is 2.59. The number of amides is 1. The number of allylic oxidation sites excluding steroid dienone is 1. The van der Waals surface area contributed by atoms with E-state index >= 15 is 0 Å². The predicted octanol–water partition coefficient (Wildman–Crippen LogP) is 3.79. The highest BCUT2D eigenvalue weighted by atomic mass is 16.6. The molecule has 31 heavy (non-hydrogen) atoms. The molecule has 3 aliphatic rings. The molecule has 2 aliphatic heterocycles. The van der Waals surface area contributed by atoms with Gasteiger partial charge in [0.2, 0.25) is 0 Å². The first-order chi connectivity index (χ1) is 14.6. The summed E-state index contributed by atoms with van der Waals surface area (Å²) in [5, 5.41) is 2.77. The number of methoxy groups -OCH3 is 1. The number of Topliss-reactive ketones (excluding diaryl/α,β-unsaturated/α-hetero) is 1. The van der Waals surface area contributed by atoms with Gasteiger partial charge in [0, 0.05) is 7.11 Å². The minimum absolute atomic E-state index is 0.0229. The normalized spacial score (nSPS) is 38.2. The van der Waals surface area contributed by atoms with Crippen LogP contribution >= 0.6 is 0 Å². The lowest BCUT2D eigenvalue weighted by Gasteiger charge is -2.42. The predicted molar refractivity (Wildman–Crippen MR) is 117 cm³/mol. The Kier molecular flexibility index (Phi) is 7.18. The Morgan fingerprint density at radius 1 is 1.29 bits per heavy atom. The summed E-state index contributed by atoms with van der Waals surface area (Å²) in [5.41, 5.74) is 0.631. The van der Waals surface area contributed by atoms with Gasteiger partial charge in [0.25, 0.3) is 0 Å². The van der Waals surface area contributed by atoms with Crippen molar-refractivity contribution in [1.29, 1.82) is 0 Å². The fraction of sp³-hybridized carbons (Fsp3) is 0.833. The summed E-state index contributed by atoms with van der Waals surface area (Å²) in [6.07, 6.45) is 4.08. The van der Waals surface area contributed by atoms with Crippen molar-refractivity contribution < 1.29 is 28.5 Å². The van der Waals surface area contributed by atoms with Gasteiger partial charge in [-0.05, 0) is 52.9 Å². The summed E-state index contributed by atoms with van der Waals surface area (Å²) in [5.74, 6) is -0.0483. The van der Waals surface area contributed by atoms with Gasteiger partial charge in [-0.25, -0.2) is 4.79 Å². The first-order valence-electron chi connectivity index (χ1n) is 11.5. The number of nitrogens with one attached hydrogen (secondary N) is 1. The molecule has 1 spiro atoms. The van der Waals surface area contributed by atoms with Gasteiger partial charge in [0.05, 0.1) is 24.7 Å². The average molecular weight is 438 g/mol. The van der Waals surface area contributed by atoms with Crippen molar-refractivity contribution in [2.45, 2.75) is 103 Å². The van der Waals surface area contributed by atoms with Gasteiger partial charge in [-0.1, -0.05) is 31.9 Å². The van der Waals surface area contributed by atoms with E-state index in [4.69, 9.17) is 18.9 Å². The van der Waals surface area contributed by atoms with Crippen molar-refractivity contribution >= 4 is 11.9 Å². The van der Waals surface area contributed by atoms with E-state index < -0.39 is 18.2 Å². The van der Waals surface area contributed by atoms with Crippen LogP contribution in [0.3, 0.4) is 0 Å². The summed E-state index contributed by atoms with van der Waals surface area (Å²) < 4.78 is 23.9. The Balaban J connectivity index is 1.71. The molecule has 3 rings (SSSR count). The van der Waals surface area contributed by atoms with Gasteiger partial charge in [0.1, 0.15) is 23.4 Å². The lowest BCUT2D eigenvalue weighted by Crippen LogP contribution is -2.56. The van der Waals surface area contributed by atoms with E-state index in [1.165, 1.54) is 12.5 Å². The first kappa shape index (κ1) is 24.2. The van der Waals surface area contributed by atoms with Crippen LogP contribution in [0.1, 0.15) is 67.2 Å². The third-order valence-corrected chi connectivity index (χ3v) is 7.42. The van der Waals surface area contributed by atoms with Crippen LogP contribution in [0, 0.1) is 11.8 Å². The molecule has 2 heterocycles. The Hall–Kier alpha value is -1.44. The van der Waals surface area contributed by atoms with E-state index in [0.29, 0.717) is 13.0 Å². The zero-order chi connectivity index (χ0) is 23.0. The minimum atomic E-state index is -0.568. The monoisotopic (exact) mass is 437 g/mol. The molecule has 8 atom stereocenters. The molecule has 7 heteroatoms. The van der Waals surface area contributed by atoms with E-state index in [-0.39, 0.29) is 41.0 Å². The fourth-order valence-electron chi connectivity index (χ4n) is 5.25. The maximum absolute atomic E-state index is 12.7. The SMILES string of the molecule is CCC(C)[C@H](NC(=O)O[C@@H]1CC[C@]2(CO2)[C@@H]([C@@]2(C)O[C@@H]2CC=C(C)C)[C@@H]1OC)C(C)=O. The van der Waals surface area contributed by atoms with Crippen LogP contribution in [0.25, 0.3) is 0 Å². The summed E-state index contributed by atoms with van der Waals surface area (Å²) >= 11 is 0. The summed E-state index contributed by atoms with van der Waals surface area (Å²) in [6, 6.07) is -0.547. The zero-order valence-electron chi connectivity index (χ0n) is 20.0. The fourth-order valence-corrected chi connectivity index (χ4v) is 5.25. The number of hydrogen-bond acceptors (Lipinski definition) is 6. The summed E-state index contributed by atoms with van der Waals surface area (Å²) in [6.45, 7) is 12.4. The third-order valence-electron chi connectivity index (χ3n) is 7.42. The third kappa shape index (κ3) is 4.99. The smallest absolute Gasteiger partial charge is 0.408 e. The molecule has 2 saturated heterocycles. The molecule has 0 aromatic rings. The maximum Gasteiger partial charge on any atom is 0.408 e. The van der Waals surface area contributed by atoms with E-state index in [9.17, 15) is 9.59 Å². The van der Waals surface area contributed by atoms with Crippen molar-refractivity contribution in [2.75, 3.05) is 13.7 Å². The van der Waals surface area contributed by atoms with Crippen molar-refractivity contribution in [3.8, 4) is 0 Å². The Bertz CT molecular complexity index is 713. The van der Waals surface area contributed by atoms with Crippen molar-refractivity contribution in [1.82, 2.24) is 5.32 Å². The second-order valence-electron chi connectivity index (χ2n) is 9.94. The summed E-state index contributed by atoms with van der Waals surface area (Å²) in [7, 11) is 1.65. The van der Waals surface area contributed by atoms with Gasteiger partial charge in [-0.3, -0.25) is 4.79 Å². The number of rotatable bonds is 9. The van der Waals surface area contributed by atoms with Crippen molar-refractivity contribution in [2.24, 2.45) is 11.8 Å². The van der Waals surface area contributed by atoms with Crippen molar-refractivity contribution in [3.05, 3.63) is 11.6 Å². The second-order valence-corrected chi connectivity index (χ2v) is 9.94. The van der Waals surface area contributed by atoms with Crippen LogP contribution in [-0.4, -0.2) is 61.1 Å². The molecule has 1 saturated carbocycles. The number of carbonyl (C=O) groups excluding carboxylic acids is 2.